The molecule has 1 fully saturated rings. The van der Waals surface area contributed by atoms with Gasteiger partial charge in [0, 0.05) is 14.9 Å². The summed E-state index contributed by atoms with van der Waals surface area (Å²) < 4.78 is 39.0. The Labute approximate surface area is 197 Å². The number of methoxy groups -OCH3 is 1. The van der Waals surface area contributed by atoms with Crippen molar-refractivity contribution in [3.63, 3.8) is 0 Å². The third-order valence-corrected chi connectivity index (χ3v) is 5.54. The molecule has 1 heterocycles. The lowest BCUT2D eigenvalue weighted by molar-refractivity contribution is -0.272. The van der Waals surface area contributed by atoms with Crippen LogP contribution in [0.2, 0.25) is 0 Å². The SMILES string of the molecule is [2H][C@H]1[C@@H](OC)O[C@H](COCc2ccccc2)[C@@H](OCc2ccccc2)[C@H]1OCc1ccccc1. The van der Waals surface area contributed by atoms with Gasteiger partial charge in [-0.05, 0) is 16.7 Å². The second kappa shape index (κ2) is 12.6. The van der Waals surface area contributed by atoms with E-state index < -0.39 is 31.0 Å². The predicted octanol–water partition coefficient (Wildman–Crippen LogP) is 5.14. The van der Waals surface area contributed by atoms with Gasteiger partial charge in [-0.2, -0.15) is 0 Å². The minimum atomic E-state index is -0.764. The molecule has 33 heavy (non-hydrogen) atoms. The number of rotatable bonds is 11. The number of hydrogen-bond acceptors (Lipinski definition) is 5. The summed E-state index contributed by atoms with van der Waals surface area (Å²) in [6.07, 6.45) is -2.98. The number of hydrogen-bond donors (Lipinski definition) is 0. The summed E-state index contributed by atoms with van der Waals surface area (Å²) in [6, 6.07) is 29.9. The molecule has 1 aliphatic rings. The van der Waals surface area contributed by atoms with Crippen LogP contribution in [0.4, 0.5) is 0 Å². The molecule has 3 aromatic carbocycles. The highest BCUT2D eigenvalue weighted by Gasteiger charge is 2.40. The summed E-state index contributed by atoms with van der Waals surface area (Å²) in [5.74, 6) is 0. The molecule has 0 spiro atoms. The van der Waals surface area contributed by atoms with Crippen molar-refractivity contribution < 1.29 is 25.1 Å². The molecule has 0 bridgehead atoms. The number of ether oxygens (including phenoxy) is 5. The second-order valence-electron chi connectivity index (χ2n) is 7.99. The van der Waals surface area contributed by atoms with Gasteiger partial charge < -0.3 is 23.7 Å². The van der Waals surface area contributed by atoms with E-state index in [4.69, 9.17) is 25.1 Å². The van der Waals surface area contributed by atoms with Gasteiger partial charge in [-0.25, -0.2) is 0 Å². The number of benzene rings is 3. The smallest absolute Gasteiger partial charge is 0.160 e. The summed E-state index contributed by atoms with van der Waals surface area (Å²) in [4.78, 5) is 0. The molecular formula is C28H32O5. The molecule has 5 nitrogen and oxygen atoms in total. The topological polar surface area (TPSA) is 46.2 Å². The van der Waals surface area contributed by atoms with Gasteiger partial charge in [0.2, 0.25) is 0 Å². The molecule has 1 saturated heterocycles. The first kappa shape index (κ1) is 22.3. The third kappa shape index (κ3) is 7.22. The van der Waals surface area contributed by atoms with Crippen molar-refractivity contribution in [2.45, 2.75) is 50.8 Å². The predicted molar refractivity (Wildman–Crippen MR) is 126 cm³/mol. The van der Waals surface area contributed by atoms with E-state index in [1.54, 1.807) is 7.11 Å². The van der Waals surface area contributed by atoms with E-state index in [9.17, 15) is 0 Å². The lowest BCUT2D eigenvalue weighted by Crippen LogP contribution is -2.52. The molecule has 5 heteroatoms. The summed E-state index contributed by atoms with van der Waals surface area (Å²) in [6.45, 7) is 1.52. The summed E-state index contributed by atoms with van der Waals surface area (Å²) in [5.41, 5.74) is 3.16. The van der Waals surface area contributed by atoms with Gasteiger partial charge in [0.05, 0.1) is 32.5 Å². The maximum atomic E-state index is 8.77. The van der Waals surface area contributed by atoms with Crippen molar-refractivity contribution in [1.82, 2.24) is 0 Å². The zero-order valence-corrected chi connectivity index (χ0v) is 18.9. The lowest BCUT2D eigenvalue weighted by Gasteiger charge is -2.41. The molecule has 0 N–H and O–H groups in total. The zero-order valence-electron chi connectivity index (χ0n) is 19.9. The molecule has 0 aliphatic carbocycles. The van der Waals surface area contributed by atoms with E-state index in [1.165, 1.54) is 0 Å². The highest BCUT2D eigenvalue weighted by atomic mass is 16.7. The van der Waals surface area contributed by atoms with E-state index >= 15 is 0 Å². The van der Waals surface area contributed by atoms with Gasteiger partial charge in [-0.15, -0.1) is 0 Å². The van der Waals surface area contributed by atoms with Gasteiger partial charge in [0.25, 0.3) is 0 Å². The van der Waals surface area contributed by atoms with Crippen molar-refractivity contribution in [1.29, 1.82) is 0 Å². The first-order valence-corrected chi connectivity index (χ1v) is 11.3. The van der Waals surface area contributed by atoms with Crippen molar-refractivity contribution in [2.75, 3.05) is 13.7 Å². The van der Waals surface area contributed by atoms with Crippen molar-refractivity contribution in [3.05, 3.63) is 108 Å². The van der Waals surface area contributed by atoms with E-state index in [0.717, 1.165) is 16.7 Å². The Bertz CT molecular complexity index is 956. The first-order chi connectivity index (χ1) is 16.7. The second-order valence-corrected chi connectivity index (χ2v) is 7.99. The van der Waals surface area contributed by atoms with Gasteiger partial charge >= 0.3 is 0 Å². The molecule has 0 unspecified atom stereocenters. The van der Waals surface area contributed by atoms with Crippen LogP contribution in [0.5, 0.6) is 0 Å². The van der Waals surface area contributed by atoms with Crippen LogP contribution in [0.1, 0.15) is 24.5 Å². The highest BCUT2D eigenvalue weighted by Crippen LogP contribution is 2.28. The Balaban J connectivity index is 1.48. The first-order valence-electron chi connectivity index (χ1n) is 11.9. The van der Waals surface area contributed by atoms with Crippen LogP contribution >= 0.6 is 0 Å². The minimum Gasteiger partial charge on any atom is -0.374 e. The van der Waals surface area contributed by atoms with E-state index in [-0.39, 0.29) is 0 Å². The third-order valence-electron chi connectivity index (χ3n) is 5.54. The Kier molecular flexibility index (Phi) is 8.52. The molecule has 174 valence electrons. The van der Waals surface area contributed by atoms with Crippen LogP contribution in [-0.2, 0) is 43.5 Å². The fraction of sp³-hybridized carbons (Fsp3) is 0.357. The quantitative estimate of drug-likeness (QED) is 0.406. The van der Waals surface area contributed by atoms with Crippen LogP contribution < -0.4 is 0 Å². The fourth-order valence-corrected chi connectivity index (χ4v) is 3.79. The van der Waals surface area contributed by atoms with Crippen LogP contribution in [0.15, 0.2) is 91.0 Å². The minimum absolute atomic E-state index is 0.298. The normalized spacial score (nSPS) is 25.5. The maximum Gasteiger partial charge on any atom is 0.160 e. The Hall–Kier alpha value is -2.54. The molecule has 1 aliphatic heterocycles. The largest absolute Gasteiger partial charge is 0.374 e. The van der Waals surface area contributed by atoms with Crippen LogP contribution in [0.25, 0.3) is 0 Å². The van der Waals surface area contributed by atoms with Crippen molar-refractivity contribution in [2.24, 2.45) is 0 Å². The molecule has 4 rings (SSSR count). The standard InChI is InChI=1S/C28H32O5/c1-29-27-17-25(31-19-23-13-7-3-8-14-23)28(32-20-24-15-9-4-10-16-24)26(33-27)21-30-18-22-11-5-2-6-12-22/h2-16,25-28H,17-21H2,1H3/t25-,26+,27-,28-/m0/s1/i17D/t17-,25+,26-,27+,28+/m1. The molecule has 0 radical (unpaired) electrons. The molecular weight excluding hydrogens is 416 g/mol. The maximum absolute atomic E-state index is 8.77. The fourth-order valence-electron chi connectivity index (χ4n) is 3.79. The average Bonchev–Trinajstić information content (AvgIpc) is 2.89. The Morgan fingerprint density at radius 3 is 1.82 bits per heavy atom. The molecule has 0 amide bonds. The Morgan fingerprint density at radius 2 is 1.27 bits per heavy atom. The van der Waals surface area contributed by atoms with Gasteiger partial charge in [-0.3, -0.25) is 0 Å². The molecule has 0 aromatic heterocycles. The highest BCUT2D eigenvalue weighted by molar-refractivity contribution is 5.15. The van der Waals surface area contributed by atoms with Crippen molar-refractivity contribution >= 4 is 0 Å². The summed E-state index contributed by atoms with van der Waals surface area (Å²) in [5, 5.41) is 0. The van der Waals surface area contributed by atoms with Crippen LogP contribution in [0, 0.1) is 0 Å². The summed E-state index contributed by atoms with van der Waals surface area (Å²) in [7, 11) is 1.55. The molecule has 0 saturated carbocycles. The van der Waals surface area contributed by atoms with Crippen LogP contribution in [0.3, 0.4) is 0 Å². The Morgan fingerprint density at radius 1 is 0.758 bits per heavy atom. The average molecular weight is 450 g/mol. The monoisotopic (exact) mass is 449 g/mol. The molecule has 5 atom stereocenters. The van der Waals surface area contributed by atoms with Gasteiger partial charge in [0.1, 0.15) is 12.2 Å². The summed E-state index contributed by atoms with van der Waals surface area (Å²) >= 11 is 0. The van der Waals surface area contributed by atoms with Crippen LogP contribution in [-0.4, -0.2) is 38.3 Å². The molecule has 3 aromatic rings. The zero-order chi connectivity index (χ0) is 23.6. The van der Waals surface area contributed by atoms with E-state index in [0.29, 0.717) is 26.4 Å². The van der Waals surface area contributed by atoms with E-state index in [2.05, 4.69) is 0 Å². The van der Waals surface area contributed by atoms with Crippen molar-refractivity contribution in [3.8, 4) is 0 Å². The lowest BCUT2D eigenvalue weighted by atomic mass is 10.0. The van der Waals surface area contributed by atoms with Gasteiger partial charge in [0.15, 0.2) is 6.29 Å². The van der Waals surface area contributed by atoms with Gasteiger partial charge in [-0.1, -0.05) is 91.0 Å². The van der Waals surface area contributed by atoms with E-state index in [1.807, 2.05) is 91.0 Å².